The first-order valence-electron chi connectivity index (χ1n) is 9.17. The highest BCUT2D eigenvalue weighted by Crippen LogP contribution is 2.22. The number of nitrogens with one attached hydrogen (secondary N) is 2. The second kappa shape index (κ2) is 9.65. The van der Waals surface area contributed by atoms with E-state index >= 15 is 0 Å². The minimum Gasteiger partial charge on any atom is -0.484 e. The summed E-state index contributed by atoms with van der Waals surface area (Å²) in [6.45, 7) is 3.75. The number of carbonyl (C=O) groups excluding carboxylic acids is 2. The quantitative estimate of drug-likeness (QED) is 0.500. The third-order valence-electron chi connectivity index (χ3n) is 4.26. The van der Waals surface area contributed by atoms with Crippen molar-refractivity contribution in [2.45, 2.75) is 13.8 Å². The van der Waals surface area contributed by atoms with Gasteiger partial charge in [-0.05, 0) is 67.9 Å². The number of anilines is 2. The van der Waals surface area contributed by atoms with Crippen LogP contribution in [0.3, 0.4) is 0 Å². The molecule has 0 heterocycles. The largest absolute Gasteiger partial charge is 0.484 e. The number of carbonyl (C=O) groups is 2. The van der Waals surface area contributed by atoms with E-state index in [0.717, 1.165) is 16.8 Å². The van der Waals surface area contributed by atoms with Gasteiger partial charge >= 0.3 is 0 Å². The van der Waals surface area contributed by atoms with E-state index in [-0.39, 0.29) is 18.4 Å². The highest BCUT2D eigenvalue weighted by Gasteiger charge is 2.09. The lowest BCUT2D eigenvalue weighted by Crippen LogP contribution is -2.20. The van der Waals surface area contributed by atoms with E-state index < -0.39 is 0 Å². The number of ether oxygens (including phenoxy) is 1. The molecule has 30 heavy (non-hydrogen) atoms. The molecule has 0 spiro atoms. The Morgan fingerprint density at radius 2 is 1.53 bits per heavy atom. The molecule has 0 saturated carbocycles. The van der Waals surface area contributed by atoms with Crippen molar-refractivity contribution in [1.29, 1.82) is 0 Å². The van der Waals surface area contributed by atoms with Crippen molar-refractivity contribution in [3.63, 3.8) is 0 Å². The van der Waals surface area contributed by atoms with Gasteiger partial charge in [-0.15, -0.1) is 0 Å². The fraction of sp³-hybridized carbons (Fsp3) is 0.130. The monoisotopic (exact) mass is 442 g/mol. The zero-order valence-electron chi connectivity index (χ0n) is 16.5. The Balaban J connectivity index is 1.54. The molecule has 0 aliphatic carbocycles. The van der Waals surface area contributed by atoms with Gasteiger partial charge < -0.3 is 15.4 Å². The van der Waals surface area contributed by atoms with Gasteiger partial charge in [0, 0.05) is 27.0 Å². The maximum Gasteiger partial charge on any atom is 0.262 e. The van der Waals surface area contributed by atoms with Crippen LogP contribution in [0, 0.1) is 13.8 Å². The van der Waals surface area contributed by atoms with Crippen LogP contribution in [0.5, 0.6) is 5.75 Å². The molecule has 0 saturated heterocycles. The van der Waals surface area contributed by atoms with Gasteiger partial charge in [-0.2, -0.15) is 0 Å². The zero-order chi connectivity index (χ0) is 21.7. The lowest BCUT2D eigenvalue weighted by molar-refractivity contribution is -0.118. The number of aryl methyl sites for hydroxylation is 2. The molecule has 154 valence electrons. The van der Waals surface area contributed by atoms with Crippen LogP contribution in [0.15, 0.2) is 60.7 Å². The molecule has 5 nitrogen and oxygen atoms in total. The van der Waals surface area contributed by atoms with Crippen LogP contribution in [0.2, 0.25) is 10.0 Å². The van der Waals surface area contributed by atoms with Crippen molar-refractivity contribution < 1.29 is 14.3 Å². The molecular weight excluding hydrogens is 423 g/mol. The average molecular weight is 443 g/mol. The van der Waals surface area contributed by atoms with Crippen molar-refractivity contribution in [3.8, 4) is 5.75 Å². The number of hydrogen-bond donors (Lipinski definition) is 2. The molecule has 0 aliphatic rings. The second-order valence-corrected chi connectivity index (χ2v) is 7.66. The van der Waals surface area contributed by atoms with Gasteiger partial charge in [0.2, 0.25) is 0 Å². The summed E-state index contributed by atoms with van der Waals surface area (Å²) in [6.07, 6.45) is 0. The minimum atomic E-state index is -0.356. The van der Waals surface area contributed by atoms with Gasteiger partial charge in [0.15, 0.2) is 6.61 Å². The van der Waals surface area contributed by atoms with Gasteiger partial charge in [-0.25, -0.2) is 0 Å². The minimum absolute atomic E-state index is 0.196. The van der Waals surface area contributed by atoms with Crippen molar-refractivity contribution in [1.82, 2.24) is 0 Å². The average Bonchev–Trinajstić information content (AvgIpc) is 2.68. The van der Waals surface area contributed by atoms with E-state index in [4.69, 9.17) is 27.9 Å². The molecule has 0 fully saturated rings. The summed E-state index contributed by atoms with van der Waals surface area (Å²) < 4.78 is 5.48. The van der Waals surface area contributed by atoms with E-state index in [0.29, 0.717) is 27.0 Å². The second-order valence-electron chi connectivity index (χ2n) is 6.79. The van der Waals surface area contributed by atoms with Gasteiger partial charge in [0.1, 0.15) is 5.75 Å². The molecular formula is C23H20Cl2N2O3. The molecule has 0 radical (unpaired) electrons. The van der Waals surface area contributed by atoms with Crippen molar-refractivity contribution in [2.75, 3.05) is 17.2 Å². The van der Waals surface area contributed by atoms with Crippen molar-refractivity contribution in [2.24, 2.45) is 0 Å². The molecule has 0 atom stereocenters. The normalized spacial score (nSPS) is 10.4. The van der Waals surface area contributed by atoms with Crippen molar-refractivity contribution in [3.05, 3.63) is 87.4 Å². The molecule has 7 heteroatoms. The van der Waals surface area contributed by atoms with E-state index in [2.05, 4.69) is 10.6 Å². The van der Waals surface area contributed by atoms with E-state index in [9.17, 15) is 9.59 Å². The van der Waals surface area contributed by atoms with E-state index in [1.807, 2.05) is 32.0 Å². The molecule has 3 aromatic rings. The maximum absolute atomic E-state index is 12.4. The standard InChI is InChI=1S/C23H20Cl2N2O3/c1-14-3-8-21(15(2)9-14)27-23(29)16-4-6-20(7-5-16)30-13-22(28)26-19-11-17(24)10-18(25)12-19/h3-12H,13H2,1-2H3,(H,26,28)(H,27,29). The predicted octanol–water partition coefficient (Wildman–Crippen LogP) is 5.88. The highest BCUT2D eigenvalue weighted by molar-refractivity contribution is 6.35. The Morgan fingerprint density at radius 3 is 2.17 bits per heavy atom. The number of amides is 2. The van der Waals surface area contributed by atoms with Gasteiger partial charge in [0.05, 0.1) is 0 Å². The summed E-state index contributed by atoms with van der Waals surface area (Å²) in [5.41, 5.74) is 3.87. The van der Waals surface area contributed by atoms with E-state index in [1.165, 1.54) is 0 Å². The fourth-order valence-corrected chi connectivity index (χ4v) is 3.35. The molecule has 3 aromatic carbocycles. The number of halogens is 2. The first kappa shape index (κ1) is 21.7. The van der Waals surface area contributed by atoms with E-state index in [1.54, 1.807) is 42.5 Å². The van der Waals surface area contributed by atoms with Gasteiger partial charge in [-0.1, -0.05) is 40.9 Å². The Hall–Kier alpha value is -3.02. The smallest absolute Gasteiger partial charge is 0.262 e. The summed E-state index contributed by atoms with van der Waals surface area (Å²) in [7, 11) is 0. The predicted molar refractivity (Wildman–Crippen MR) is 121 cm³/mol. The summed E-state index contributed by atoms with van der Waals surface area (Å²) in [6, 6.07) is 17.2. The first-order valence-corrected chi connectivity index (χ1v) is 9.93. The van der Waals surface area contributed by atoms with Crippen LogP contribution in [-0.4, -0.2) is 18.4 Å². The number of hydrogen-bond acceptors (Lipinski definition) is 3. The molecule has 0 unspecified atom stereocenters. The number of rotatable bonds is 6. The zero-order valence-corrected chi connectivity index (χ0v) is 18.0. The van der Waals surface area contributed by atoms with Gasteiger partial charge in [-0.3, -0.25) is 9.59 Å². The fourth-order valence-electron chi connectivity index (χ4n) is 2.82. The lowest BCUT2D eigenvalue weighted by Gasteiger charge is -2.10. The van der Waals surface area contributed by atoms with Crippen LogP contribution < -0.4 is 15.4 Å². The Morgan fingerprint density at radius 1 is 0.867 bits per heavy atom. The van der Waals surface area contributed by atoms with Crippen LogP contribution in [0.1, 0.15) is 21.5 Å². The Kier molecular flexibility index (Phi) is 6.98. The third kappa shape index (κ3) is 5.99. The molecule has 0 bridgehead atoms. The van der Waals surface area contributed by atoms with Crippen LogP contribution in [0.4, 0.5) is 11.4 Å². The van der Waals surface area contributed by atoms with Crippen molar-refractivity contribution >= 4 is 46.4 Å². The van der Waals surface area contributed by atoms with Gasteiger partial charge in [0.25, 0.3) is 11.8 Å². The molecule has 2 amide bonds. The highest BCUT2D eigenvalue weighted by atomic mass is 35.5. The summed E-state index contributed by atoms with van der Waals surface area (Å²) in [4.78, 5) is 24.5. The summed E-state index contributed by atoms with van der Waals surface area (Å²) in [5, 5.41) is 6.41. The lowest BCUT2D eigenvalue weighted by atomic mass is 10.1. The third-order valence-corrected chi connectivity index (χ3v) is 4.70. The topological polar surface area (TPSA) is 67.4 Å². The Bertz CT molecular complexity index is 1060. The molecule has 3 rings (SSSR count). The Labute approximate surface area is 185 Å². The molecule has 0 aliphatic heterocycles. The molecule has 0 aromatic heterocycles. The first-order chi connectivity index (χ1) is 14.3. The van der Waals surface area contributed by atoms with Crippen LogP contribution >= 0.6 is 23.2 Å². The summed E-state index contributed by atoms with van der Waals surface area (Å²) >= 11 is 11.8. The van der Waals surface area contributed by atoms with Crippen LogP contribution in [-0.2, 0) is 4.79 Å². The van der Waals surface area contributed by atoms with Crippen LogP contribution in [0.25, 0.3) is 0 Å². The summed E-state index contributed by atoms with van der Waals surface area (Å²) in [5.74, 6) is -0.105. The maximum atomic E-state index is 12.4. The SMILES string of the molecule is Cc1ccc(NC(=O)c2ccc(OCC(=O)Nc3cc(Cl)cc(Cl)c3)cc2)c(C)c1. The molecule has 2 N–H and O–H groups in total. The number of benzene rings is 3.